The molecule has 5 nitrogen and oxygen atoms in total. The minimum absolute atomic E-state index is 0.0371. The number of carbonyl (C=O) groups excluding carboxylic acids is 1. The molecule has 0 fully saturated rings. The van der Waals surface area contributed by atoms with Gasteiger partial charge >= 0.3 is 6.18 Å². The van der Waals surface area contributed by atoms with Crippen LogP contribution in [0.15, 0.2) is 42.5 Å². The molecule has 8 heteroatoms. The van der Waals surface area contributed by atoms with Gasteiger partial charge in [-0.15, -0.1) is 0 Å². The smallest absolute Gasteiger partial charge is 0.416 e. The van der Waals surface area contributed by atoms with E-state index in [1.165, 1.54) is 37.3 Å². The molecule has 0 aliphatic rings. The first-order valence-electron chi connectivity index (χ1n) is 7.98. The fourth-order valence-electron chi connectivity index (χ4n) is 2.30. The van der Waals surface area contributed by atoms with E-state index in [-0.39, 0.29) is 5.69 Å². The van der Waals surface area contributed by atoms with Crippen molar-refractivity contribution in [3.63, 3.8) is 0 Å². The summed E-state index contributed by atoms with van der Waals surface area (Å²) in [7, 11) is 3.32. The highest BCUT2D eigenvalue weighted by Gasteiger charge is 2.31. The molecule has 0 radical (unpaired) electrons. The highest BCUT2D eigenvalue weighted by Crippen LogP contribution is 2.35. The van der Waals surface area contributed by atoms with Gasteiger partial charge in [0, 0.05) is 14.1 Å². The van der Waals surface area contributed by atoms with Gasteiger partial charge in [0.2, 0.25) is 0 Å². The van der Waals surface area contributed by atoms with Crippen LogP contribution in [0.4, 0.5) is 24.5 Å². The van der Waals surface area contributed by atoms with Crippen molar-refractivity contribution < 1.29 is 22.7 Å². The van der Waals surface area contributed by atoms with Crippen molar-refractivity contribution in [1.82, 2.24) is 0 Å². The minimum Gasteiger partial charge on any atom is -0.481 e. The number of carbonyl (C=O) groups is 1. The minimum atomic E-state index is -4.52. The fourth-order valence-corrected chi connectivity index (χ4v) is 2.30. The number of nitrogens with zero attached hydrogens (tertiary/aromatic N) is 2. The van der Waals surface area contributed by atoms with E-state index in [4.69, 9.17) is 10.00 Å². The Bertz CT molecular complexity index is 856. The molecule has 27 heavy (non-hydrogen) atoms. The molecule has 1 unspecified atom stereocenters. The standard InChI is InChI=1S/C19H18F3N3O2/c1-12(27-15-7-4-13(11-23)5-8-15)18(26)24-16-10-14(19(20,21)22)6-9-17(16)25(2)3/h4-10,12H,1-3H3,(H,24,26). The van der Waals surface area contributed by atoms with Crippen molar-refractivity contribution in [3.05, 3.63) is 53.6 Å². The molecule has 0 aliphatic carbocycles. The van der Waals surface area contributed by atoms with E-state index in [2.05, 4.69) is 5.32 Å². The lowest BCUT2D eigenvalue weighted by Gasteiger charge is -2.21. The highest BCUT2D eigenvalue weighted by atomic mass is 19.4. The van der Waals surface area contributed by atoms with Crippen molar-refractivity contribution in [2.45, 2.75) is 19.2 Å². The summed E-state index contributed by atoms with van der Waals surface area (Å²) in [6, 6.07) is 11.3. The second-order valence-corrected chi connectivity index (χ2v) is 6.01. The molecule has 0 saturated carbocycles. The number of anilines is 2. The molecule has 2 aromatic rings. The Morgan fingerprint density at radius 3 is 2.33 bits per heavy atom. The summed E-state index contributed by atoms with van der Waals surface area (Å²) in [5.74, 6) is -0.227. The second kappa shape index (κ2) is 7.99. The molecule has 0 saturated heterocycles. The number of halogens is 3. The molecular weight excluding hydrogens is 359 g/mol. The second-order valence-electron chi connectivity index (χ2n) is 6.01. The van der Waals surface area contributed by atoms with Crippen LogP contribution < -0.4 is 15.0 Å². The summed E-state index contributed by atoms with van der Waals surface area (Å²) in [5.41, 5.74) is 0.0557. The van der Waals surface area contributed by atoms with Crippen LogP contribution in [-0.4, -0.2) is 26.1 Å². The average molecular weight is 377 g/mol. The van der Waals surface area contributed by atoms with Gasteiger partial charge in [0.25, 0.3) is 5.91 Å². The van der Waals surface area contributed by atoms with Crippen LogP contribution in [0, 0.1) is 11.3 Å². The van der Waals surface area contributed by atoms with E-state index >= 15 is 0 Å². The number of ether oxygens (including phenoxy) is 1. The van der Waals surface area contributed by atoms with Crippen LogP contribution in [-0.2, 0) is 11.0 Å². The van der Waals surface area contributed by atoms with Crippen LogP contribution in [0.1, 0.15) is 18.1 Å². The predicted molar refractivity (Wildman–Crippen MR) is 95.6 cm³/mol. The molecule has 1 atom stereocenters. The molecule has 2 rings (SSSR count). The fraction of sp³-hybridized carbons (Fsp3) is 0.263. The molecule has 1 amide bonds. The Hall–Kier alpha value is -3.21. The zero-order valence-electron chi connectivity index (χ0n) is 15.0. The van der Waals surface area contributed by atoms with Gasteiger partial charge in [-0.1, -0.05) is 0 Å². The SMILES string of the molecule is CC(Oc1ccc(C#N)cc1)C(=O)Nc1cc(C(F)(F)F)ccc1N(C)C. The number of nitriles is 1. The van der Waals surface area contributed by atoms with Gasteiger partial charge in [-0.3, -0.25) is 4.79 Å². The van der Waals surface area contributed by atoms with Crippen LogP contribution in [0.3, 0.4) is 0 Å². The first kappa shape index (κ1) is 20.1. The molecule has 0 heterocycles. The lowest BCUT2D eigenvalue weighted by atomic mass is 10.1. The number of amides is 1. The Kier molecular flexibility index (Phi) is 5.95. The third kappa shape index (κ3) is 5.14. The van der Waals surface area contributed by atoms with Gasteiger partial charge in [0.05, 0.1) is 28.6 Å². The van der Waals surface area contributed by atoms with Crippen molar-refractivity contribution in [2.75, 3.05) is 24.3 Å². The summed E-state index contributed by atoms with van der Waals surface area (Å²) in [6.07, 6.45) is -5.47. The molecule has 0 spiro atoms. The first-order valence-corrected chi connectivity index (χ1v) is 7.98. The van der Waals surface area contributed by atoms with Crippen LogP contribution >= 0.6 is 0 Å². The number of benzene rings is 2. The third-order valence-corrected chi connectivity index (χ3v) is 3.73. The van der Waals surface area contributed by atoms with Crippen molar-refractivity contribution in [2.24, 2.45) is 0 Å². The monoisotopic (exact) mass is 377 g/mol. The first-order chi connectivity index (χ1) is 12.6. The van der Waals surface area contributed by atoms with Crippen molar-refractivity contribution in [1.29, 1.82) is 5.26 Å². The predicted octanol–water partition coefficient (Wildman–Crippen LogP) is 4.05. The molecule has 1 N–H and O–H groups in total. The van der Waals surface area contributed by atoms with Gasteiger partial charge in [-0.05, 0) is 49.4 Å². The van der Waals surface area contributed by atoms with Crippen molar-refractivity contribution >= 4 is 17.3 Å². The summed E-state index contributed by atoms with van der Waals surface area (Å²) in [4.78, 5) is 14.0. The number of rotatable bonds is 5. The summed E-state index contributed by atoms with van der Waals surface area (Å²) in [6.45, 7) is 1.48. The van der Waals surface area contributed by atoms with E-state index in [1.54, 1.807) is 19.0 Å². The Labute approximate surface area is 155 Å². The normalized spacial score (nSPS) is 12.0. The Morgan fingerprint density at radius 1 is 1.19 bits per heavy atom. The zero-order chi connectivity index (χ0) is 20.2. The van der Waals surface area contributed by atoms with Crippen LogP contribution in [0.25, 0.3) is 0 Å². The van der Waals surface area contributed by atoms with Gasteiger partial charge in [-0.2, -0.15) is 18.4 Å². The van der Waals surface area contributed by atoms with E-state index in [1.807, 2.05) is 6.07 Å². The molecule has 142 valence electrons. The van der Waals surface area contributed by atoms with Crippen LogP contribution in [0.2, 0.25) is 0 Å². The lowest BCUT2D eigenvalue weighted by molar-refractivity contribution is -0.137. The topological polar surface area (TPSA) is 65.4 Å². The number of alkyl halides is 3. The maximum absolute atomic E-state index is 13.0. The third-order valence-electron chi connectivity index (χ3n) is 3.73. The summed E-state index contributed by atoms with van der Waals surface area (Å²) in [5, 5.41) is 11.3. The molecule has 0 aromatic heterocycles. The van der Waals surface area contributed by atoms with Gasteiger partial charge in [0.15, 0.2) is 6.10 Å². The number of hydrogen-bond acceptors (Lipinski definition) is 4. The van der Waals surface area contributed by atoms with E-state index in [0.29, 0.717) is 17.0 Å². The molecular formula is C19H18F3N3O2. The van der Waals surface area contributed by atoms with Gasteiger partial charge < -0.3 is 15.0 Å². The summed E-state index contributed by atoms with van der Waals surface area (Å²) >= 11 is 0. The highest BCUT2D eigenvalue weighted by molar-refractivity contribution is 5.97. The summed E-state index contributed by atoms with van der Waals surface area (Å²) < 4.78 is 44.4. The average Bonchev–Trinajstić information content (AvgIpc) is 2.61. The largest absolute Gasteiger partial charge is 0.481 e. The Balaban J connectivity index is 2.18. The molecule has 2 aromatic carbocycles. The number of hydrogen-bond donors (Lipinski definition) is 1. The maximum Gasteiger partial charge on any atom is 0.416 e. The van der Waals surface area contributed by atoms with Crippen molar-refractivity contribution in [3.8, 4) is 11.8 Å². The van der Waals surface area contributed by atoms with Gasteiger partial charge in [-0.25, -0.2) is 0 Å². The zero-order valence-corrected chi connectivity index (χ0v) is 15.0. The number of nitrogens with one attached hydrogen (secondary N) is 1. The quantitative estimate of drug-likeness (QED) is 0.854. The maximum atomic E-state index is 13.0. The van der Waals surface area contributed by atoms with E-state index in [9.17, 15) is 18.0 Å². The lowest BCUT2D eigenvalue weighted by Crippen LogP contribution is -2.31. The van der Waals surface area contributed by atoms with E-state index in [0.717, 1.165) is 12.1 Å². The Morgan fingerprint density at radius 2 is 1.81 bits per heavy atom. The van der Waals surface area contributed by atoms with Crippen LogP contribution in [0.5, 0.6) is 5.75 Å². The van der Waals surface area contributed by atoms with Gasteiger partial charge in [0.1, 0.15) is 5.75 Å². The molecule has 0 aliphatic heterocycles. The molecule has 0 bridgehead atoms. The van der Waals surface area contributed by atoms with E-state index < -0.39 is 23.8 Å².